The van der Waals surface area contributed by atoms with Crippen molar-refractivity contribution in [3.8, 4) is 0 Å². The van der Waals surface area contributed by atoms with Crippen LogP contribution in [0.15, 0.2) is 90.3 Å². The molecule has 3 aromatic carbocycles. The minimum absolute atomic E-state index is 0.105. The Morgan fingerprint density at radius 1 is 0.971 bits per heavy atom. The summed E-state index contributed by atoms with van der Waals surface area (Å²) in [6.45, 7) is 1.26. The average Bonchev–Trinajstić information content (AvgIpc) is 3.41. The summed E-state index contributed by atoms with van der Waals surface area (Å²) in [5.74, 6) is -0.336. The van der Waals surface area contributed by atoms with Gasteiger partial charge in [0.05, 0.1) is 17.1 Å². The van der Waals surface area contributed by atoms with Gasteiger partial charge in [0.1, 0.15) is 12.7 Å². The summed E-state index contributed by atoms with van der Waals surface area (Å²) in [6, 6.07) is 21.5. The molecule has 0 saturated carbocycles. The number of para-hydroxylation sites is 1. The Balaban J connectivity index is 1.33. The van der Waals surface area contributed by atoms with Gasteiger partial charge in [-0.3, -0.25) is 9.10 Å². The normalized spacial score (nSPS) is 13.3. The van der Waals surface area contributed by atoms with Crippen LogP contribution in [0.4, 0.5) is 5.69 Å². The number of aryl methyl sites for hydroxylation is 1. The van der Waals surface area contributed by atoms with E-state index in [9.17, 15) is 13.2 Å². The molecule has 1 N–H and O–H groups in total. The Hall–Kier alpha value is -3.98. The van der Waals surface area contributed by atoms with Gasteiger partial charge in [-0.1, -0.05) is 48.5 Å². The second-order valence-electron chi connectivity index (χ2n) is 8.38. The van der Waals surface area contributed by atoms with Crippen molar-refractivity contribution in [3.05, 3.63) is 108 Å². The lowest BCUT2D eigenvalue weighted by molar-refractivity contribution is 0.0950. The fourth-order valence-electron chi connectivity index (χ4n) is 4.32. The van der Waals surface area contributed by atoms with Gasteiger partial charge >= 0.3 is 0 Å². The summed E-state index contributed by atoms with van der Waals surface area (Å²) in [4.78, 5) is 17.0. The van der Waals surface area contributed by atoms with Crippen LogP contribution >= 0.6 is 0 Å². The molecule has 0 saturated heterocycles. The predicted molar refractivity (Wildman–Crippen MR) is 132 cm³/mol. The molecular weight excluding hydrogens is 462 g/mol. The summed E-state index contributed by atoms with van der Waals surface area (Å²) < 4.78 is 30.1. The molecule has 0 unspecified atom stereocenters. The van der Waals surface area contributed by atoms with E-state index in [0.29, 0.717) is 30.9 Å². The number of hydrogen-bond acceptors (Lipinski definition) is 5. The van der Waals surface area contributed by atoms with E-state index in [0.717, 1.165) is 29.5 Å². The zero-order valence-electron chi connectivity index (χ0n) is 19.0. The van der Waals surface area contributed by atoms with Crippen LogP contribution in [0.1, 0.15) is 33.5 Å². The molecule has 1 aliphatic heterocycles. The monoisotopic (exact) mass is 487 g/mol. The maximum Gasteiger partial charge on any atom is 0.264 e. The molecule has 8 nitrogen and oxygen atoms in total. The number of carbonyl (C=O) groups is 1. The Bertz CT molecular complexity index is 1450. The molecule has 2 heterocycles. The minimum Gasteiger partial charge on any atom is -0.348 e. The third kappa shape index (κ3) is 4.81. The zero-order valence-corrected chi connectivity index (χ0v) is 19.9. The number of aromatic nitrogens is 3. The average molecular weight is 488 g/mol. The predicted octanol–water partition coefficient (Wildman–Crippen LogP) is 3.40. The highest BCUT2D eigenvalue weighted by atomic mass is 32.2. The number of nitrogens with one attached hydrogen (secondary N) is 1. The maximum atomic E-state index is 13.5. The minimum atomic E-state index is -3.80. The number of amides is 1. The molecule has 0 bridgehead atoms. The number of anilines is 1. The fourth-order valence-corrected chi connectivity index (χ4v) is 5.91. The first-order valence-corrected chi connectivity index (χ1v) is 12.8. The molecular formula is C26H25N5O3S. The van der Waals surface area contributed by atoms with Crippen molar-refractivity contribution in [1.29, 1.82) is 0 Å². The summed E-state index contributed by atoms with van der Waals surface area (Å²) >= 11 is 0. The Kier molecular flexibility index (Phi) is 6.33. The van der Waals surface area contributed by atoms with E-state index in [2.05, 4.69) is 15.4 Å². The van der Waals surface area contributed by atoms with Crippen LogP contribution in [0.25, 0.3) is 0 Å². The molecule has 1 aromatic heterocycles. The molecule has 1 amide bonds. The molecule has 0 aliphatic carbocycles. The van der Waals surface area contributed by atoms with E-state index in [4.69, 9.17) is 0 Å². The van der Waals surface area contributed by atoms with E-state index in [1.807, 2.05) is 48.5 Å². The van der Waals surface area contributed by atoms with E-state index in [-0.39, 0.29) is 10.8 Å². The highest BCUT2D eigenvalue weighted by molar-refractivity contribution is 7.92. The number of nitrogens with zero attached hydrogens (tertiary/aromatic N) is 4. The molecule has 178 valence electrons. The molecule has 9 heteroatoms. The maximum absolute atomic E-state index is 13.5. The second-order valence-corrected chi connectivity index (χ2v) is 10.2. The summed E-state index contributed by atoms with van der Waals surface area (Å²) in [7, 11) is -3.80. The number of rotatable bonds is 7. The van der Waals surface area contributed by atoms with Crippen molar-refractivity contribution in [1.82, 2.24) is 20.1 Å². The first kappa shape index (κ1) is 22.8. The van der Waals surface area contributed by atoms with Crippen molar-refractivity contribution in [3.63, 3.8) is 0 Å². The number of hydrogen-bond donors (Lipinski definition) is 1. The molecule has 0 radical (unpaired) electrons. The number of sulfonamides is 1. The van der Waals surface area contributed by atoms with E-state index >= 15 is 0 Å². The fraction of sp³-hybridized carbons (Fsp3) is 0.192. The first-order valence-electron chi connectivity index (χ1n) is 11.4. The van der Waals surface area contributed by atoms with Crippen molar-refractivity contribution in [2.75, 3.05) is 10.8 Å². The largest absolute Gasteiger partial charge is 0.348 e. The summed E-state index contributed by atoms with van der Waals surface area (Å²) in [5.41, 5.74) is 3.98. The molecule has 0 atom stereocenters. The molecule has 4 aromatic rings. The van der Waals surface area contributed by atoms with Crippen molar-refractivity contribution in [2.24, 2.45) is 0 Å². The quantitative estimate of drug-likeness (QED) is 0.431. The molecule has 35 heavy (non-hydrogen) atoms. The molecule has 1 aliphatic rings. The highest BCUT2D eigenvalue weighted by Crippen LogP contribution is 2.32. The van der Waals surface area contributed by atoms with Gasteiger partial charge in [-0.15, -0.1) is 0 Å². The lowest BCUT2D eigenvalue weighted by Gasteiger charge is -2.30. The second kappa shape index (κ2) is 9.71. The smallest absolute Gasteiger partial charge is 0.264 e. The van der Waals surface area contributed by atoms with Gasteiger partial charge < -0.3 is 5.32 Å². The molecule has 0 fully saturated rings. The van der Waals surface area contributed by atoms with Crippen molar-refractivity contribution >= 4 is 21.6 Å². The van der Waals surface area contributed by atoms with E-state index in [1.54, 1.807) is 23.1 Å². The third-order valence-corrected chi connectivity index (χ3v) is 7.92. The van der Waals surface area contributed by atoms with Gasteiger partial charge in [0.2, 0.25) is 0 Å². The number of fused-ring (bicyclic) bond motifs is 1. The van der Waals surface area contributed by atoms with Crippen LogP contribution < -0.4 is 9.62 Å². The Morgan fingerprint density at radius 2 is 1.77 bits per heavy atom. The third-order valence-electron chi connectivity index (χ3n) is 6.11. The van der Waals surface area contributed by atoms with E-state index < -0.39 is 10.0 Å². The van der Waals surface area contributed by atoms with Gasteiger partial charge in [-0.05, 0) is 53.8 Å². The van der Waals surface area contributed by atoms with Crippen LogP contribution in [0, 0.1) is 0 Å². The summed E-state index contributed by atoms with van der Waals surface area (Å²) in [6.07, 6.45) is 4.73. The van der Waals surface area contributed by atoms with Crippen molar-refractivity contribution < 1.29 is 13.2 Å². The van der Waals surface area contributed by atoms with Crippen LogP contribution in [0.3, 0.4) is 0 Å². The van der Waals surface area contributed by atoms with Gasteiger partial charge in [0.25, 0.3) is 15.9 Å². The standard InChI is InChI=1S/C26H25N5O3S/c32-26(28-16-22-8-1-2-9-23(22)17-30-19-27-18-29-30)21-10-5-12-24(15-21)35(33,34)31-14-6-11-20-7-3-4-13-25(20)31/h1-5,7-10,12-13,15,18-19H,6,11,14,16-17H2,(H,28,32). The van der Waals surface area contributed by atoms with Crippen LogP contribution in [0.5, 0.6) is 0 Å². The number of benzene rings is 3. The van der Waals surface area contributed by atoms with Gasteiger partial charge in [-0.2, -0.15) is 5.10 Å². The number of carbonyl (C=O) groups excluding carboxylic acids is 1. The lowest BCUT2D eigenvalue weighted by atomic mass is 10.0. The SMILES string of the molecule is O=C(NCc1ccccc1Cn1cncn1)c1cccc(S(=O)(=O)N2CCCc3ccccc32)c1. The van der Waals surface area contributed by atoms with Gasteiger partial charge in [-0.25, -0.2) is 18.1 Å². The molecule has 0 spiro atoms. The zero-order chi connectivity index (χ0) is 24.3. The highest BCUT2D eigenvalue weighted by Gasteiger charge is 2.29. The lowest BCUT2D eigenvalue weighted by Crippen LogP contribution is -2.35. The van der Waals surface area contributed by atoms with Crippen LogP contribution in [0.2, 0.25) is 0 Å². The summed E-state index contributed by atoms with van der Waals surface area (Å²) in [5, 5.41) is 7.05. The molecule has 5 rings (SSSR count). The van der Waals surface area contributed by atoms with Crippen LogP contribution in [-0.2, 0) is 29.5 Å². The van der Waals surface area contributed by atoms with Gasteiger partial charge in [0.15, 0.2) is 0 Å². The first-order chi connectivity index (χ1) is 17.0. The topological polar surface area (TPSA) is 97.2 Å². The van der Waals surface area contributed by atoms with E-state index in [1.165, 1.54) is 22.8 Å². The van der Waals surface area contributed by atoms with Crippen LogP contribution in [-0.4, -0.2) is 35.6 Å². The Morgan fingerprint density at radius 3 is 2.60 bits per heavy atom. The Labute approximate surface area is 204 Å². The van der Waals surface area contributed by atoms with Gasteiger partial charge in [0, 0.05) is 18.7 Å². The van der Waals surface area contributed by atoms with Crippen molar-refractivity contribution in [2.45, 2.75) is 30.8 Å².